The van der Waals surface area contributed by atoms with E-state index in [1.54, 1.807) is 27.7 Å². The van der Waals surface area contributed by atoms with Crippen molar-refractivity contribution in [1.82, 2.24) is 19.6 Å². The Balaban J connectivity index is 1.51. The molecule has 1 amide bonds. The van der Waals surface area contributed by atoms with Gasteiger partial charge in [-0.2, -0.15) is 10.2 Å². The van der Waals surface area contributed by atoms with Gasteiger partial charge in [-0.05, 0) is 65.2 Å². The van der Waals surface area contributed by atoms with Crippen molar-refractivity contribution in [2.75, 3.05) is 5.32 Å². The molecule has 0 unspecified atom stereocenters. The van der Waals surface area contributed by atoms with Crippen LogP contribution in [0, 0.1) is 19.7 Å². The Morgan fingerprint density at radius 2 is 1.84 bits per heavy atom. The van der Waals surface area contributed by atoms with Gasteiger partial charge < -0.3 is 5.32 Å². The number of benzene rings is 2. The number of amides is 1. The lowest BCUT2D eigenvalue weighted by Gasteiger charge is -2.09. The Kier molecular flexibility index (Phi) is 5.99. The van der Waals surface area contributed by atoms with E-state index in [1.807, 2.05) is 44.3 Å². The summed E-state index contributed by atoms with van der Waals surface area (Å²) in [4.78, 5) is 12.9. The molecule has 2 aromatic heterocycles. The molecule has 4 aromatic rings. The number of hydrogen-bond donors (Lipinski definition) is 1. The van der Waals surface area contributed by atoms with Crippen LogP contribution in [0.5, 0.6) is 0 Å². The van der Waals surface area contributed by atoms with Gasteiger partial charge in [-0.15, -0.1) is 0 Å². The normalized spacial score (nSPS) is 11.0. The van der Waals surface area contributed by atoms with Crippen molar-refractivity contribution >= 4 is 27.5 Å². The van der Waals surface area contributed by atoms with Crippen LogP contribution in [0.2, 0.25) is 0 Å². The van der Waals surface area contributed by atoms with Gasteiger partial charge in [0.05, 0.1) is 40.8 Å². The highest BCUT2D eigenvalue weighted by Crippen LogP contribution is 2.22. The molecule has 0 aliphatic rings. The van der Waals surface area contributed by atoms with Gasteiger partial charge in [-0.25, -0.2) is 4.39 Å². The molecule has 8 heteroatoms. The van der Waals surface area contributed by atoms with Gasteiger partial charge in [-0.3, -0.25) is 14.2 Å². The van der Waals surface area contributed by atoms with Crippen molar-refractivity contribution in [2.45, 2.75) is 26.9 Å². The molecule has 2 aromatic carbocycles. The first kappa shape index (κ1) is 21.0. The van der Waals surface area contributed by atoms with Crippen LogP contribution in [0.25, 0.3) is 0 Å². The van der Waals surface area contributed by atoms with Gasteiger partial charge in [-0.1, -0.05) is 24.3 Å². The van der Waals surface area contributed by atoms with E-state index in [1.165, 1.54) is 12.1 Å². The lowest BCUT2D eigenvalue weighted by Crippen LogP contribution is -2.14. The minimum Gasteiger partial charge on any atom is -0.319 e. The van der Waals surface area contributed by atoms with E-state index < -0.39 is 0 Å². The summed E-state index contributed by atoms with van der Waals surface area (Å²) in [6.07, 6.45) is 3.61. The number of halogens is 2. The molecule has 0 fully saturated rings. The third-order valence-electron chi connectivity index (χ3n) is 4.98. The van der Waals surface area contributed by atoms with E-state index in [0.717, 1.165) is 21.3 Å². The molecule has 0 aliphatic heterocycles. The molecular formula is C23H21BrFN5O. The molecule has 4 rings (SSSR count). The van der Waals surface area contributed by atoms with Crippen molar-refractivity contribution in [3.63, 3.8) is 0 Å². The molecule has 0 radical (unpaired) electrons. The van der Waals surface area contributed by atoms with E-state index in [-0.39, 0.29) is 11.7 Å². The Morgan fingerprint density at radius 1 is 1.10 bits per heavy atom. The number of aromatic nitrogens is 4. The zero-order valence-corrected chi connectivity index (χ0v) is 18.7. The van der Waals surface area contributed by atoms with Crippen LogP contribution < -0.4 is 5.32 Å². The van der Waals surface area contributed by atoms with Gasteiger partial charge in [0, 0.05) is 11.8 Å². The van der Waals surface area contributed by atoms with E-state index in [2.05, 4.69) is 31.4 Å². The monoisotopic (exact) mass is 481 g/mol. The summed E-state index contributed by atoms with van der Waals surface area (Å²) >= 11 is 3.39. The van der Waals surface area contributed by atoms with Crippen LogP contribution in [0.1, 0.15) is 32.9 Å². The van der Waals surface area contributed by atoms with Crippen LogP contribution in [0.4, 0.5) is 10.1 Å². The van der Waals surface area contributed by atoms with Crippen molar-refractivity contribution in [3.05, 3.63) is 99.3 Å². The minimum atomic E-state index is -0.282. The summed E-state index contributed by atoms with van der Waals surface area (Å²) in [5, 5.41) is 11.8. The van der Waals surface area contributed by atoms with E-state index >= 15 is 0 Å². The van der Waals surface area contributed by atoms with Crippen molar-refractivity contribution in [3.8, 4) is 0 Å². The minimum absolute atomic E-state index is 0.208. The largest absolute Gasteiger partial charge is 0.319 e. The van der Waals surface area contributed by atoms with Crippen LogP contribution in [-0.2, 0) is 13.1 Å². The first-order valence-corrected chi connectivity index (χ1v) is 10.5. The van der Waals surface area contributed by atoms with Gasteiger partial charge in [0.25, 0.3) is 5.91 Å². The second kappa shape index (κ2) is 8.85. The molecule has 6 nitrogen and oxygen atoms in total. The molecule has 0 saturated carbocycles. The van der Waals surface area contributed by atoms with Gasteiger partial charge in [0.15, 0.2) is 0 Å². The SMILES string of the molecule is Cc1nn(Cc2cccc(F)c2)c(C)c1NC(=O)c1cccc(Cn2cc(Br)cn2)c1. The van der Waals surface area contributed by atoms with Crippen molar-refractivity contribution in [2.24, 2.45) is 0 Å². The number of carbonyl (C=O) groups excluding carboxylic acids is 1. The topological polar surface area (TPSA) is 64.7 Å². The highest BCUT2D eigenvalue weighted by atomic mass is 79.9. The molecular weight excluding hydrogens is 461 g/mol. The fraction of sp³-hybridized carbons (Fsp3) is 0.174. The zero-order valence-electron chi connectivity index (χ0n) is 17.1. The maximum atomic E-state index is 13.5. The number of anilines is 1. The van der Waals surface area contributed by atoms with Crippen LogP contribution >= 0.6 is 15.9 Å². The summed E-state index contributed by atoms with van der Waals surface area (Å²) in [6.45, 7) is 4.73. The average molecular weight is 482 g/mol. The van der Waals surface area contributed by atoms with E-state index in [0.29, 0.717) is 30.0 Å². The van der Waals surface area contributed by atoms with Crippen LogP contribution in [0.15, 0.2) is 65.4 Å². The molecule has 158 valence electrons. The van der Waals surface area contributed by atoms with Crippen LogP contribution in [-0.4, -0.2) is 25.5 Å². The third-order valence-corrected chi connectivity index (χ3v) is 5.39. The quantitative estimate of drug-likeness (QED) is 0.423. The summed E-state index contributed by atoms with van der Waals surface area (Å²) in [5.41, 5.74) is 4.52. The van der Waals surface area contributed by atoms with Crippen LogP contribution in [0.3, 0.4) is 0 Å². The Labute approximate surface area is 187 Å². The van der Waals surface area contributed by atoms with Gasteiger partial charge in [0.2, 0.25) is 0 Å². The predicted octanol–water partition coefficient (Wildman–Crippen LogP) is 4.95. The maximum absolute atomic E-state index is 13.5. The summed E-state index contributed by atoms with van der Waals surface area (Å²) in [5.74, 6) is -0.491. The number of aryl methyl sites for hydroxylation is 1. The first-order chi connectivity index (χ1) is 14.9. The van der Waals surface area contributed by atoms with Gasteiger partial charge >= 0.3 is 0 Å². The number of rotatable bonds is 6. The Bertz CT molecular complexity index is 1250. The highest BCUT2D eigenvalue weighted by molar-refractivity contribution is 9.10. The summed E-state index contributed by atoms with van der Waals surface area (Å²) in [6, 6.07) is 13.9. The lowest BCUT2D eigenvalue weighted by atomic mass is 10.1. The number of carbonyl (C=O) groups is 1. The Morgan fingerprint density at radius 3 is 2.55 bits per heavy atom. The molecule has 31 heavy (non-hydrogen) atoms. The molecule has 0 saturated heterocycles. The van der Waals surface area contributed by atoms with Gasteiger partial charge in [0.1, 0.15) is 5.82 Å². The lowest BCUT2D eigenvalue weighted by molar-refractivity contribution is 0.102. The smallest absolute Gasteiger partial charge is 0.255 e. The third kappa shape index (κ3) is 4.91. The first-order valence-electron chi connectivity index (χ1n) is 9.76. The molecule has 0 bridgehead atoms. The fourth-order valence-corrected chi connectivity index (χ4v) is 3.78. The summed E-state index contributed by atoms with van der Waals surface area (Å²) < 4.78 is 18.0. The number of hydrogen-bond acceptors (Lipinski definition) is 3. The van der Waals surface area contributed by atoms with E-state index in [4.69, 9.17) is 0 Å². The Hall–Kier alpha value is -3.26. The molecule has 0 atom stereocenters. The predicted molar refractivity (Wildman–Crippen MR) is 121 cm³/mol. The van der Waals surface area contributed by atoms with Crippen molar-refractivity contribution < 1.29 is 9.18 Å². The zero-order chi connectivity index (χ0) is 22.0. The maximum Gasteiger partial charge on any atom is 0.255 e. The highest BCUT2D eigenvalue weighted by Gasteiger charge is 2.16. The van der Waals surface area contributed by atoms with Crippen molar-refractivity contribution in [1.29, 1.82) is 0 Å². The summed E-state index contributed by atoms with van der Waals surface area (Å²) in [7, 11) is 0. The molecule has 0 spiro atoms. The molecule has 1 N–H and O–H groups in total. The molecule has 2 heterocycles. The number of nitrogens with one attached hydrogen (secondary N) is 1. The average Bonchev–Trinajstić information content (AvgIpc) is 3.25. The standard InChI is InChI=1S/C23H21BrFN5O/c1-15-22(16(2)30(28-15)13-18-6-4-8-21(25)10-18)27-23(31)19-7-3-5-17(9-19)12-29-14-20(24)11-26-29/h3-11,14H,12-13H2,1-2H3,(H,27,31). The fourth-order valence-electron chi connectivity index (χ4n) is 3.45. The second-order valence-corrected chi connectivity index (χ2v) is 8.26. The van der Waals surface area contributed by atoms with E-state index in [9.17, 15) is 9.18 Å². The molecule has 0 aliphatic carbocycles. The number of nitrogens with zero attached hydrogens (tertiary/aromatic N) is 4. The second-order valence-electron chi connectivity index (χ2n) is 7.34.